The van der Waals surface area contributed by atoms with E-state index in [1.165, 1.54) is 11.5 Å². The van der Waals surface area contributed by atoms with Gasteiger partial charge in [-0.25, -0.2) is 0 Å². The standard InChI is InChI=1S/C18H14ClNO2/c1-11(21)16-17(12-6-4-3-5-7-12)14-9-8-13(19)10-15(14)20(2)18(16)22/h3-10H,1-2H3. The van der Waals surface area contributed by atoms with Gasteiger partial charge in [0.05, 0.1) is 11.1 Å². The van der Waals surface area contributed by atoms with Crippen LogP contribution in [0.1, 0.15) is 17.3 Å². The summed E-state index contributed by atoms with van der Waals surface area (Å²) in [6.45, 7) is 1.42. The van der Waals surface area contributed by atoms with Gasteiger partial charge in [0.1, 0.15) is 0 Å². The van der Waals surface area contributed by atoms with Crippen molar-refractivity contribution in [3.63, 3.8) is 0 Å². The molecule has 3 rings (SSSR count). The average molecular weight is 312 g/mol. The second-order valence-electron chi connectivity index (χ2n) is 5.20. The maximum atomic E-state index is 12.6. The summed E-state index contributed by atoms with van der Waals surface area (Å²) >= 11 is 6.06. The van der Waals surface area contributed by atoms with Gasteiger partial charge < -0.3 is 4.57 Å². The second-order valence-corrected chi connectivity index (χ2v) is 5.63. The highest BCUT2D eigenvalue weighted by Gasteiger charge is 2.19. The Morgan fingerprint density at radius 2 is 1.77 bits per heavy atom. The van der Waals surface area contributed by atoms with Gasteiger partial charge in [0.2, 0.25) is 0 Å². The third-order valence-electron chi connectivity index (χ3n) is 3.77. The summed E-state index contributed by atoms with van der Waals surface area (Å²) in [5, 5.41) is 1.39. The maximum Gasteiger partial charge on any atom is 0.262 e. The minimum absolute atomic E-state index is 0.212. The number of ketones is 1. The predicted molar refractivity (Wildman–Crippen MR) is 89.6 cm³/mol. The first-order valence-corrected chi connectivity index (χ1v) is 7.27. The minimum Gasteiger partial charge on any atom is -0.311 e. The molecule has 1 aromatic heterocycles. The summed E-state index contributed by atoms with van der Waals surface area (Å²) < 4.78 is 1.48. The van der Waals surface area contributed by atoms with Gasteiger partial charge >= 0.3 is 0 Å². The van der Waals surface area contributed by atoms with Crippen LogP contribution in [0.4, 0.5) is 0 Å². The fourth-order valence-electron chi connectivity index (χ4n) is 2.74. The molecule has 22 heavy (non-hydrogen) atoms. The summed E-state index contributed by atoms with van der Waals surface area (Å²) in [7, 11) is 1.65. The lowest BCUT2D eigenvalue weighted by Gasteiger charge is -2.15. The molecule has 1 heterocycles. The summed E-state index contributed by atoms with van der Waals surface area (Å²) in [6.07, 6.45) is 0. The van der Waals surface area contributed by atoms with Crippen LogP contribution in [-0.4, -0.2) is 10.4 Å². The van der Waals surface area contributed by atoms with E-state index in [9.17, 15) is 9.59 Å². The maximum absolute atomic E-state index is 12.6. The lowest BCUT2D eigenvalue weighted by Crippen LogP contribution is -2.25. The molecule has 0 radical (unpaired) electrons. The summed E-state index contributed by atoms with van der Waals surface area (Å²) in [5.74, 6) is -0.240. The predicted octanol–water partition coefficient (Wildman–Crippen LogP) is 4.06. The first-order valence-electron chi connectivity index (χ1n) is 6.89. The third-order valence-corrected chi connectivity index (χ3v) is 4.01. The number of nitrogens with zero attached hydrogens (tertiary/aromatic N) is 1. The number of pyridine rings is 1. The molecular formula is C18H14ClNO2. The van der Waals surface area contributed by atoms with Crippen LogP contribution in [0.5, 0.6) is 0 Å². The molecule has 0 amide bonds. The van der Waals surface area contributed by atoms with Crippen LogP contribution in [-0.2, 0) is 7.05 Å². The van der Waals surface area contributed by atoms with E-state index in [0.717, 1.165) is 10.9 Å². The van der Waals surface area contributed by atoms with Crippen LogP contribution in [0, 0.1) is 0 Å². The van der Waals surface area contributed by atoms with Crippen LogP contribution >= 0.6 is 11.6 Å². The molecule has 0 saturated heterocycles. The molecular weight excluding hydrogens is 298 g/mol. The van der Waals surface area contributed by atoms with Crippen LogP contribution < -0.4 is 5.56 Å². The van der Waals surface area contributed by atoms with Crippen molar-refractivity contribution in [1.82, 2.24) is 4.57 Å². The van der Waals surface area contributed by atoms with E-state index in [1.54, 1.807) is 19.2 Å². The number of carbonyl (C=O) groups excluding carboxylic acids is 1. The molecule has 0 unspecified atom stereocenters. The smallest absolute Gasteiger partial charge is 0.262 e. The molecule has 4 heteroatoms. The highest BCUT2D eigenvalue weighted by atomic mass is 35.5. The number of aryl methyl sites for hydroxylation is 1. The zero-order valence-corrected chi connectivity index (χ0v) is 13.0. The Morgan fingerprint density at radius 3 is 2.41 bits per heavy atom. The lowest BCUT2D eigenvalue weighted by atomic mass is 9.94. The molecule has 0 N–H and O–H groups in total. The number of aromatic nitrogens is 1. The van der Waals surface area contributed by atoms with Gasteiger partial charge in [0, 0.05) is 23.0 Å². The molecule has 110 valence electrons. The average Bonchev–Trinajstić information content (AvgIpc) is 2.51. The normalized spacial score (nSPS) is 10.9. The van der Waals surface area contributed by atoms with Gasteiger partial charge in [-0.3, -0.25) is 9.59 Å². The zero-order chi connectivity index (χ0) is 15.9. The van der Waals surface area contributed by atoms with Crippen molar-refractivity contribution in [3.8, 4) is 11.1 Å². The fourth-order valence-corrected chi connectivity index (χ4v) is 2.91. The zero-order valence-electron chi connectivity index (χ0n) is 12.3. The van der Waals surface area contributed by atoms with Gasteiger partial charge in [0.25, 0.3) is 5.56 Å². The van der Waals surface area contributed by atoms with Crippen molar-refractivity contribution < 1.29 is 4.79 Å². The first-order chi connectivity index (χ1) is 10.5. The second kappa shape index (κ2) is 5.43. The molecule has 0 aliphatic rings. The Morgan fingerprint density at radius 1 is 1.09 bits per heavy atom. The van der Waals surface area contributed by atoms with E-state index in [2.05, 4.69) is 0 Å². The van der Waals surface area contributed by atoms with E-state index in [0.29, 0.717) is 16.1 Å². The van der Waals surface area contributed by atoms with Gasteiger partial charge in [-0.15, -0.1) is 0 Å². The van der Waals surface area contributed by atoms with Crippen LogP contribution in [0.15, 0.2) is 53.3 Å². The molecule has 0 spiro atoms. The van der Waals surface area contributed by atoms with Crippen LogP contribution in [0.3, 0.4) is 0 Å². The number of rotatable bonds is 2. The number of Topliss-reactive ketones (excluding diaryl/α,β-unsaturated/α-hetero) is 1. The van der Waals surface area contributed by atoms with Crippen molar-refractivity contribution in [2.24, 2.45) is 7.05 Å². The van der Waals surface area contributed by atoms with Gasteiger partial charge in [0.15, 0.2) is 5.78 Å². The third kappa shape index (κ3) is 2.24. The lowest BCUT2D eigenvalue weighted by molar-refractivity contribution is 0.101. The summed E-state index contributed by atoms with van der Waals surface area (Å²) in [5.41, 5.74) is 2.13. The monoisotopic (exact) mass is 311 g/mol. The highest BCUT2D eigenvalue weighted by molar-refractivity contribution is 6.31. The van der Waals surface area contributed by atoms with Crippen molar-refractivity contribution in [2.45, 2.75) is 6.92 Å². The Labute approximate surface area is 132 Å². The van der Waals surface area contributed by atoms with E-state index >= 15 is 0 Å². The van der Waals surface area contributed by atoms with Crippen molar-refractivity contribution in [2.75, 3.05) is 0 Å². The largest absolute Gasteiger partial charge is 0.311 e. The quantitative estimate of drug-likeness (QED) is 0.669. The summed E-state index contributed by atoms with van der Waals surface area (Å²) in [4.78, 5) is 24.7. The van der Waals surface area contributed by atoms with Crippen molar-refractivity contribution in [1.29, 1.82) is 0 Å². The molecule has 0 saturated carbocycles. The molecule has 0 atom stereocenters. The van der Waals surface area contributed by atoms with Gasteiger partial charge in [-0.2, -0.15) is 0 Å². The molecule has 0 aliphatic carbocycles. The number of benzene rings is 2. The van der Waals surface area contributed by atoms with Crippen LogP contribution in [0.2, 0.25) is 5.02 Å². The molecule has 0 fully saturated rings. The van der Waals surface area contributed by atoms with Gasteiger partial charge in [-0.1, -0.05) is 48.0 Å². The molecule has 0 bridgehead atoms. The SMILES string of the molecule is CC(=O)c1c(-c2ccccc2)c2ccc(Cl)cc2n(C)c1=O. The molecule has 3 aromatic rings. The number of halogens is 1. The molecule has 0 aliphatic heterocycles. The number of fused-ring (bicyclic) bond motifs is 1. The van der Waals surface area contributed by atoms with Gasteiger partial charge in [-0.05, 0) is 24.6 Å². The van der Waals surface area contributed by atoms with E-state index < -0.39 is 0 Å². The Kier molecular flexibility index (Phi) is 3.59. The first kappa shape index (κ1) is 14.5. The minimum atomic E-state index is -0.305. The summed E-state index contributed by atoms with van der Waals surface area (Å²) in [6, 6.07) is 14.8. The molecule has 3 nitrogen and oxygen atoms in total. The number of hydrogen-bond donors (Lipinski definition) is 0. The Balaban J connectivity index is 2.58. The van der Waals surface area contributed by atoms with E-state index in [-0.39, 0.29) is 16.9 Å². The fraction of sp³-hybridized carbons (Fsp3) is 0.111. The van der Waals surface area contributed by atoms with Crippen molar-refractivity contribution >= 4 is 28.3 Å². The topological polar surface area (TPSA) is 39.1 Å². The number of hydrogen-bond acceptors (Lipinski definition) is 2. The Bertz CT molecular complexity index is 943. The molecule has 2 aromatic carbocycles. The highest BCUT2D eigenvalue weighted by Crippen LogP contribution is 2.31. The van der Waals surface area contributed by atoms with Crippen molar-refractivity contribution in [3.05, 3.63) is 69.5 Å². The number of carbonyl (C=O) groups is 1. The Hall–Kier alpha value is -2.39. The van der Waals surface area contributed by atoms with E-state index in [4.69, 9.17) is 11.6 Å². The van der Waals surface area contributed by atoms with E-state index in [1.807, 2.05) is 36.4 Å². The van der Waals surface area contributed by atoms with Crippen LogP contribution in [0.25, 0.3) is 22.0 Å².